The molecule has 0 aliphatic carbocycles. The standard InChI is InChI=1S/C12H15ClIN5/c1-3-6-15-8(2)12-16-17-18-19(12)11-5-4-9(14)7-10(11)13/h4-5,7-8,15H,3,6H2,1-2H3. The highest BCUT2D eigenvalue weighted by atomic mass is 127. The van der Waals surface area contributed by atoms with Crippen LogP contribution in [0, 0.1) is 3.57 Å². The van der Waals surface area contributed by atoms with E-state index in [-0.39, 0.29) is 6.04 Å². The molecule has 0 saturated carbocycles. The molecule has 0 amide bonds. The van der Waals surface area contributed by atoms with Gasteiger partial charge in [-0.05, 0) is 71.1 Å². The average Bonchev–Trinajstić information content (AvgIpc) is 2.85. The fraction of sp³-hybridized carbons (Fsp3) is 0.417. The lowest BCUT2D eigenvalue weighted by molar-refractivity contribution is 0.531. The van der Waals surface area contributed by atoms with Gasteiger partial charge in [0.05, 0.1) is 16.8 Å². The van der Waals surface area contributed by atoms with Crippen LogP contribution in [0.3, 0.4) is 0 Å². The summed E-state index contributed by atoms with van der Waals surface area (Å²) in [7, 11) is 0. The summed E-state index contributed by atoms with van der Waals surface area (Å²) >= 11 is 8.48. The van der Waals surface area contributed by atoms with E-state index in [2.05, 4.69) is 50.4 Å². The van der Waals surface area contributed by atoms with Gasteiger partial charge in [-0.2, -0.15) is 4.68 Å². The molecule has 2 rings (SSSR count). The first-order valence-electron chi connectivity index (χ1n) is 6.10. The first-order chi connectivity index (χ1) is 9.13. The molecule has 2 aromatic rings. The van der Waals surface area contributed by atoms with Crippen molar-refractivity contribution in [2.75, 3.05) is 6.54 Å². The summed E-state index contributed by atoms with van der Waals surface area (Å²) in [5.41, 5.74) is 0.798. The summed E-state index contributed by atoms with van der Waals surface area (Å²) in [6.45, 7) is 5.09. The van der Waals surface area contributed by atoms with E-state index >= 15 is 0 Å². The van der Waals surface area contributed by atoms with Gasteiger partial charge in [0.2, 0.25) is 0 Å². The monoisotopic (exact) mass is 391 g/mol. The molecule has 19 heavy (non-hydrogen) atoms. The second kappa shape index (κ2) is 6.62. The zero-order valence-electron chi connectivity index (χ0n) is 10.8. The topological polar surface area (TPSA) is 55.6 Å². The van der Waals surface area contributed by atoms with Crippen LogP contribution in [-0.2, 0) is 0 Å². The fourth-order valence-electron chi connectivity index (χ4n) is 1.74. The largest absolute Gasteiger partial charge is 0.307 e. The van der Waals surface area contributed by atoms with Gasteiger partial charge in [0.25, 0.3) is 0 Å². The predicted octanol–water partition coefficient (Wildman–Crippen LogP) is 2.98. The van der Waals surface area contributed by atoms with Gasteiger partial charge in [0.15, 0.2) is 5.82 Å². The van der Waals surface area contributed by atoms with E-state index in [1.54, 1.807) is 4.68 Å². The Labute approximate surface area is 130 Å². The van der Waals surface area contributed by atoms with Gasteiger partial charge >= 0.3 is 0 Å². The van der Waals surface area contributed by atoms with Gasteiger partial charge in [-0.1, -0.05) is 18.5 Å². The van der Waals surface area contributed by atoms with Crippen LogP contribution in [0.5, 0.6) is 0 Å². The SMILES string of the molecule is CCCNC(C)c1nnnn1-c1ccc(I)cc1Cl. The van der Waals surface area contributed by atoms with Crippen molar-refractivity contribution >= 4 is 34.2 Å². The number of nitrogens with one attached hydrogen (secondary N) is 1. The fourth-order valence-corrected chi connectivity index (χ4v) is 2.68. The Balaban J connectivity index is 2.33. The smallest absolute Gasteiger partial charge is 0.173 e. The highest BCUT2D eigenvalue weighted by Gasteiger charge is 2.16. The van der Waals surface area contributed by atoms with E-state index in [9.17, 15) is 0 Å². The summed E-state index contributed by atoms with van der Waals surface area (Å²) in [5.74, 6) is 0.761. The summed E-state index contributed by atoms with van der Waals surface area (Å²) in [6, 6.07) is 5.88. The Bertz CT molecular complexity index is 557. The molecule has 0 aliphatic rings. The molecule has 0 spiro atoms. The van der Waals surface area contributed by atoms with Crippen molar-refractivity contribution in [1.82, 2.24) is 25.5 Å². The Hall–Kier alpha value is -0.730. The maximum Gasteiger partial charge on any atom is 0.173 e. The summed E-state index contributed by atoms with van der Waals surface area (Å²) in [5, 5.41) is 15.9. The highest BCUT2D eigenvalue weighted by Crippen LogP contribution is 2.24. The van der Waals surface area contributed by atoms with Crippen LogP contribution in [0.25, 0.3) is 5.69 Å². The van der Waals surface area contributed by atoms with Crippen molar-refractivity contribution in [3.8, 4) is 5.69 Å². The lowest BCUT2D eigenvalue weighted by Crippen LogP contribution is -2.22. The quantitative estimate of drug-likeness (QED) is 0.796. The number of hydrogen-bond donors (Lipinski definition) is 1. The third-order valence-corrected chi connectivity index (χ3v) is 3.69. The molecule has 1 N–H and O–H groups in total. The van der Waals surface area contributed by atoms with Crippen LogP contribution in [-0.4, -0.2) is 26.8 Å². The normalized spacial score (nSPS) is 12.6. The second-order valence-electron chi connectivity index (χ2n) is 4.22. The van der Waals surface area contributed by atoms with Crippen molar-refractivity contribution in [3.63, 3.8) is 0 Å². The summed E-state index contributed by atoms with van der Waals surface area (Å²) in [4.78, 5) is 0. The molecule has 0 aliphatic heterocycles. The van der Waals surface area contributed by atoms with Crippen molar-refractivity contribution in [2.24, 2.45) is 0 Å². The molecule has 0 saturated heterocycles. The van der Waals surface area contributed by atoms with Crippen LogP contribution < -0.4 is 5.32 Å². The van der Waals surface area contributed by atoms with Gasteiger partial charge in [-0.15, -0.1) is 5.10 Å². The van der Waals surface area contributed by atoms with Crippen molar-refractivity contribution in [3.05, 3.63) is 32.6 Å². The molecule has 1 atom stereocenters. The number of nitrogens with zero attached hydrogens (tertiary/aromatic N) is 4. The number of halogens is 2. The van der Waals surface area contributed by atoms with Crippen LogP contribution in [0.15, 0.2) is 18.2 Å². The minimum absolute atomic E-state index is 0.0743. The zero-order valence-corrected chi connectivity index (χ0v) is 13.7. The molecule has 5 nitrogen and oxygen atoms in total. The maximum atomic E-state index is 6.26. The molecule has 0 bridgehead atoms. The van der Waals surface area contributed by atoms with Crippen molar-refractivity contribution in [1.29, 1.82) is 0 Å². The van der Waals surface area contributed by atoms with E-state index < -0.39 is 0 Å². The van der Waals surface area contributed by atoms with E-state index in [1.807, 2.05) is 25.1 Å². The summed E-state index contributed by atoms with van der Waals surface area (Å²) in [6.07, 6.45) is 1.07. The number of hydrogen-bond acceptors (Lipinski definition) is 4. The number of aromatic nitrogens is 4. The van der Waals surface area contributed by atoms with E-state index in [0.717, 1.165) is 28.0 Å². The first-order valence-corrected chi connectivity index (χ1v) is 7.56. The molecular formula is C12H15ClIN5. The van der Waals surface area contributed by atoms with Crippen LogP contribution in [0.2, 0.25) is 5.02 Å². The van der Waals surface area contributed by atoms with Crippen LogP contribution >= 0.6 is 34.2 Å². The van der Waals surface area contributed by atoms with Gasteiger partial charge < -0.3 is 5.32 Å². The minimum Gasteiger partial charge on any atom is -0.307 e. The van der Waals surface area contributed by atoms with Gasteiger partial charge in [0, 0.05) is 3.57 Å². The molecular weight excluding hydrogens is 377 g/mol. The van der Waals surface area contributed by atoms with Crippen molar-refractivity contribution in [2.45, 2.75) is 26.3 Å². The molecule has 1 unspecified atom stereocenters. The van der Waals surface area contributed by atoms with Gasteiger partial charge in [-0.3, -0.25) is 0 Å². The minimum atomic E-state index is 0.0743. The Morgan fingerprint density at radius 3 is 2.95 bits per heavy atom. The molecule has 102 valence electrons. The molecule has 1 heterocycles. The highest BCUT2D eigenvalue weighted by molar-refractivity contribution is 14.1. The number of benzene rings is 1. The van der Waals surface area contributed by atoms with E-state index in [1.165, 1.54) is 0 Å². The first kappa shape index (κ1) is 14.7. The van der Waals surface area contributed by atoms with E-state index in [0.29, 0.717) is 5.02 Å². The van der Waals surface area contributed by atoms with E-state index in [4.69, 9.17) is 11.6 Å². The van der Waals surface area contributed by atoms with Gasteiger partial charge in [-0.25, -0.2) is 0 Å². The Morgan fingerprint density at radius 1 is 1.47 bits per heavy atom. The van der Waals surface area contributed by atoms with Gasteiger partial charge in [0.1, 0.15) is 0 Å². The third kappa shape index (κ3) is 3.43. The lowest BCUT2D eigenvalue weighted by atomic mass is 10.2. The summed E-state index contributed by atoms with van der Waals surface area (Å²) < 4.78 is 2.77. The molecule has 7 heteroatoms. The van der Waals surface area contributed by atoms with Crippen LogP contribution in [0.1, 0.15) is 32.1 Å². The zero-order chi connectivity index (χ0) is 13.8. The third-order valence-electron chi connectivity index (χ3n) is 2.72. The maximum absolute atomic E-state index is 6.26. The molecule has 1 aromatic carbocycles. The molecule has 0 radical (unpaired) electrons. The molecule has 0 fully saturated rings. The van der Waals surface area contributed by atoms with Crippen molar-refractivity contribution < 1.29 is 0 Å². The Morgan fingerprint density at radius 2 is 2.26 bits per heavy atom. The average molecular weight is 392 g/mol. The molecule has 1 aromatic heterocycles. The Kier molecular flexibility index (Phi) is 5.12. The van der Waals surface area contributed by atoms with Crippen LogP contribution in [0.4, 0.5) is 0 Å². The number of tetrazole rings is 1. The predicted molar refractivity (Wildman–Crippen MR) is 83.6 cm³/mol. The lowest BCUT2D eigenvalue weighted by Gasteiger charge is -2.13. The second-order valence-corrected chi connectivity index (χ2v) is 5.87. The number of rotatable bonds is 5.